The molecule has 1 N–H and O–H groups in total. The minimum Gasteiger partial charge on any atom is -0.491 e. The molecule has 1 unspecified atom stereocenters. The maximum Gasteiger partial charge on any atom is 0.258 e. The number of aryl methyl sites for hydroxylation is 1. The predicted molar refractivity (Wildman–Crippen MR) is 112 cm³/mol. The lowest BCUT2D eigenvalue weighted by Crippen LogP contribution is -2.47. The van der Waals surface area contributed by atoms with E-state index in [9.17, 15) is 4.79 Å². The van der Waals surface area contributed by atoms with Crippen molar-refractivity contribution in [2.45, 2.75) is 25.3 Å². The largest absolute Gasteiger partial charge is 0.491 e. The summed E-state index contributed by atoms with van der Waals surface area (Å²) in [7, 11) is 4.20. The number of rotatable bonds is 4. The monoisotopic (exact) mass is 399 g/mol. The molecule has 0 bridgehead atoms. The zero-order chi connectivity index (χ0) is 19.9. The van der Waals surface area contributed by atoms with Gasteiger partial charge in [0.25, 0.3) is 5.91 Å². The molecule has 8 heteroatoms. The third-order valence-corrected chi connectivity index (χ3v) is 6.96. The van der Waals surface area contributed by atoms with Gasteiger partial charge in [0.15, 0.2) is 11.6 Å². The number of methoxy groups -OCH3 is 1. The number of carbonyl (C=O) groups excluding carboxylic acids is 1. The molecule has 2 aliphatic rings. The normalized spacial score (nSPS) is 18.9. The van der Waals surface area contributed by atoms with Crippen molar-refractivity contribution in [1.29, 1.82) is 0 Å². The van der Waals surface area contributed by atoms with Crippen LogP contribution in [0.3, 0.4) is 0 Å². The van der Waals surface area contributed by atoms with Crippen LogP contribution in [0.2, 0.25) is 0 Å². The molecule has 1 spiro atoms. The van der Waals surface area contributed by atoms with Gasteiger partial charge in [0.05, 0.1) is 18.8 Å². The minimum atomic E-state index is -0.204. The molecule has 148 valence electrons. The second-order valence-electron chi connectivity index (χ2n) is 7.48. The molecule has 0 saturated carbocycles. The smallest absolute Gasteiger partial charge is 0.258 e. The maximum absolute atomic E-state index is 13.2. The Kier molecular flexibility index (Phi) is 4.98. The summed E-state index contributed by atoms with van der Waals surface area (Å²) in [6.07, 6.45) is 5.05. The van der Waals surface area contributed by atoms with Gasteiger partial charge in [0.1, 0.15) is 6.33 Å². The molecule has 3 heterocycles. The number of benzene rings is 1. The fourth-order valence-corrected chi connectivity index (χ4v) is 5.52. The quantitative estimate of drug-likeness (QED) is 0.797. The molecule has 1 aromatic heterocycles. The van der Waals surface area contributed by atoms with Crippen LogP contribution in [-0.2, 0) is 5.54 Å². The van der Waals surface area contributed by atoms with Crippen LogP contribution in [0, 0.1) is 6.92 Å². The third kappa shape index (κ3) is 2.93. The molecular weight excluding hydrogens is 373 g/mol. The number of aromatic nitrogens is 2. The summed E-state index contributed by atoms with van der Waals surface area (Å²) < 4.78 is 7.46. The van der Waals surface area contributed by atoms with E-state index in [2.05, 4.69) is 44.6 Å². The van der Waals surface area contributed by atoms with E-state index in [4.69, 9.17) is 4.74 Å². The lowest BCUT2D eigenvalue weighted by Gasteiger charge is -2.44. The number of anilines is 2. The highest BCUT2D eigenvalue weighted by molar-refractivity contribution is 7.35. The number of fused-ring (bicyclic) bond motifs is 2. The molecule has 4 rings (SSSR count). The molecule has 28 heavy (non-hydrogen) atoms. The van der Waals surface area contributed by atoms with Crippen molar-refractivity contribution in [3.63, 3.8) is 0 Å². The first-order valence-electron chi connectivity index (χ1n) is 9.47. The van der Waals surface area contributed by atoms with Crippen LogP contribution in [-0.4, -0.2) is 59.4 Å². The number of piperidine rings is 1. The standard InChI is InChI=1S/C20H26N5O2P/c1-13-9-14(23-18-16(27-3)11-21-12-22-18)10-15-17(13)19(26)25(28-4)20(15)5-7-24(2)8-6-20/h9-12,28H,5-8H2,1-4H3,(H,21,22,23). The number of hydrogen-bond donors (Lipinski definition) is 1. The van der Waals surface area contributed by atoms with Crippen LogP contribution in [0.1, 0.15) is 34.3 Å². The zero-order valence-electron chi connectivity index (χ0n) is 16.7. The van der Waals surface area contributed by atoms with Gasteiger partial charge in [-0.05, 0) is 65.5 Å². The van der Waals surface area contributed by atoms with Gasteiger partial charge in [0.2, 0.25) is 0 Å². The zero-order valence-corrected chi connectivity index (χ0v) is 17.7. The molecule has 0 aliphatic carbocycles. The lowest BCUT2D eigenvalue weighted by molar-refractivity contribution is 0.0651. The molecule has 1 amide bonds. The Morgan fingerprint density at radius 1 is 1.29 bits per heavy atom. The SMILES string of the molecule is COc1cncnc1Nc1cc(C)c2c(c1)C1(CCN(C)CC1)N(PC)C2=O. The van der Waals surface area contributed by atoms with Crippen LogP contribution in [0.4, 0.5) is 11.5 Å². The topological polar surface area (TPSA) is 70.6 Å². The highest BCUT2D eigenvalue weighted by Gasteiger charge is 2.50. The van der Waals surface area contributed by atoms with Gasteiger partial charge in [0, 0.05) is 24.3 Å². The Morgan fingerprint density at radius 2 is 2.04 bits per heavy atom. The predicted octanol–water partition coefficient (Wildman–Crippen LogP) is 3.14. The van der Waals surface area contributed by atoms with Crippen molar-refractivity contribution < 1.29 is 9.53 Å². The molecule has 1 fully saturated rings. The van der Waals surface area contributed by atoms with Gasteiger partial charge in [-0.1, -0.05) is 0 Å². The minimum absolute atomic E-state index is 0.170. The van der Waals surface area contributed by atoms with Gasteiger partial charge < -0.3 is 19.6 Å². The summed E-state index contributed by atoms with van der Waals surface area (Å²) in [5, 5.41) is 3.36. The van der Waals surface area contributed by atoms with E-state index < -0.39 is 0 Å². The van der Waals surface area contributed by atoms with E-state index in [1.807, 2.05) is 13.0 Å². The summed E-state index contributed by atoms with van der Waals surface area (Å²) in [5.41, 5.74) is 3.73. The van der Waals surface area contributed by atoms with Gasteiger partial charge in [-0.3, -0.25) is 4.79 Å². The summed E-state index contributed by atoms with van der Waals surface area (Å²) in [6, 6.07) is 4.15. The van der Waals surface area contributed by atoms with Gasteiger partial charge in [-0.15, -0.1) is 0 Å². The van der Waals surface area contributed by atoms with Crippen LogP contribution in [0.25, 0.3) is 0 Å². The average molecular weight is 399 g/mol. The number of amides is 1. The second-order valence-corrected chi connectivity index (χ2v) is 8.37. The van der Waals surface area contributed by atoms with E-state index >= 15 is 0 Å². The van der Waals surface area contributed by atoms with Crippen molar-refractivity contribution in [3.05, 3.63) is 41.3 Å². The second kappa shape index (κ2) is 7.30. The third-order valence-electron chi connectivity index (χ3n) is 5.88. The summed E-state index contributed by atoms with van der Waals surface area (Å²) in [4.78, 5) is 23.9. The van der Waals surface area contributed by atoms with Crippen LogP contribution >= 0.6 is 8.73 Å². The van der Waals surface area contributed by atoms with E-state index in [1.54, 1.807) is 13.3 Å². The number of nitrogens with one attached hydrogen (secondary N) is 1. The highest BCUT2D eigenvalue weighted by atomic mass is 31.1. The van der Waals surface area contributed by atoms with E-state index in [1.165, 1.54) is 6.33 Å². The Morgan fingerprint density at radius 3 is 2.71 bits per heavy atom. The van der Waals surface area contributed by atoms with Crippen LogP contribution < -0.4 is 10.1 Å². The number of likely N-dealkylation sites (tertiary alicyclic amines) is 1. The van der Waals surface area contributed by atoms with Crippen molar-refractivity contribution in [2.75, 3.05) is 39.2 Å². The first kappa shape index (κ1) is 19.1. The lowest BCUT2D eigenvalue weighted by atomic mass is 9.81. The van der Waals surface area contributed by atoms with Crippen LogP contribution in [0.5, 0.6) is 5.75 Å². The molecule has 1 aromatic carbocycles. The van der Waals surface area contributed by atoms with Gasteiger partial charge >= 0.3 is 0 Å². The highest BCUT2D eigenvalue weighted by Crippen LogP contribution is 2.52. The number of carbonyl (C=O) groups is 1. The van der Waals surface area contributed by atoms with Crippen LogP contribution in [0.15, 0.2) is 24.7 Å². The van der Waals surface area contributed by atoms with Gasteiger partial charge in [-0.2, -0.15) is 0 Å². The summed E-state index contributed by atoms with van der Waals surface area (Å²) >= 11 is 0. The molecule has 2 aromatic rings. The Labute approximate surface area is 167 Å². The fraction of sp³-hybridized carbons (Fsp3) is 0.450. The average Bonchev–Trinajstić information content (AvgIpc) is 2.92. The number of hydrogen-bond acceptors (Lipinski definition) is 6. The molecule has 0 radical (unpaired) electrons. The Hall–Kier alpha value is -2.24. The van der Waals surface area contributed by atoms with E-state index in [0.29, 0.717) is 20.3 Å². The summed E-state index contributed by atoms with van der Waals surface area (Å²) in [5.74, 6) is 1.37. The summed E-state index contributed by atoms with van der Waals surface area (Å²) in [6.45, 7) is 6.10. The maximum atomic E-state index is 13.2. The van der Waals surface area contributed by atoms with Crippen molar-refractivity contribution >= 4 is 26.1 Å². The first-order chi connectivity index (χ1) is 13.5. The van der Waals surface area contributed by atoms with Gasteiger partial charge in [-0.25, -0.2) is 9.97 Å². The molecule has 7 nitrogen and oxygen atoms in total. The number of nitrogens with zero attached hydrogens (tertiary/aromatic N) is 4. The fourth-order valence-electron chi connectivity index (χ4n) is 4.43. The van der Waals surface area contributed by atoms with Crippen molar-refractivity contribution in [3.8, 4) is 5.75 Å². The molecule has 1 saturated heterocycles. The number of ether oxygens (including phenoxy) is 1. The molecule has 1 atom stereocenters. The Bertz CT molecular complexity index is 911. The Balaban J connectivity index is 1.79. The first-order valence-corrected chi connectivity index (χ1v) is 10.9. The van der Waals surface area contributed by atoms with E-state index in [0.717, 1.165) is 48.3 Å². The van der Waals surface area contributed by atoms with Crippen molar-refractivity contribution in [1.82, 2.24) is 19.5 Å². The van der Waals surface area contributed by atoms with E-state index in [-0.39, 0.29) is 11.4 Å². The molecular formula is C20H26N5O2P. The molecule has 2 aliphatic heterocycles. The van der Waals surface area contributed by atoms with Crippen molar-refractivity contribution in [2.24, 2.45) is 0 Å².